The van der Waals surface area contributed by atoms with Crippen LogP contribution in [0.2, 0.25) is 0 Å². The van der Waals surface area contributed by atoms with Gasteiger partial charge in [-0.1, -0.05) is 24.3 Å². The molecule has 7 rings (SSSR count). The highest BCUT2D eigenvalue weighted by Crippen LogP contribution is 2.33. The molecule has 2 saturated heterocycles. The number of nitrogens with zero attached hydrogens (tertiary/aromatic N) is 7. The molecule has 2 fully saturated rings. The number of fused-ring (bicyclic) bond motifs is 2. The van der Waals surface area contributed by atoms with Crippen molar-refractivity contribution < 1.29 is 9.47 Å². The van der Waals surface area contributed by atoms with E-state index in [2.05, 4.69) is 79.4 Å². The summed E-state index contributed by atoms with van der Waals surface area (Å²) in [5.41, 5.74) is 6.55. The summed E-state index contributed by atoms with van der Waals surface area (Å²) < 4.78 is 13.3. The molecule has 0 bridgehead atoms. The Hall–Kier alpha value is -4.31. The summed E-state index contributed by atoms with van der Waals surface area (Å²) in [6.45, 7) is 6.93. The zero-order valence-corrected chi connectivity index (χ0v) is 22.8. The van der Waals surface area contributed by atoms with Gasteiger partial charge in [-0.3, -0.25) is 5.43 Å². The molecule has 10 heteroatoms. The standard InChI is InChI=1S/C30H34N8O2/c1-35-12-14-37(15-13-35)30-32-28(17-29(33-30)36-10-4-5-11-36)34-31-18-23-20-38(25-7-3-2-6-24(23)25)19-22-8-9-26-27(16-22)40-21-39-26/h2-3,6-9,16-18,20H,4-5,10-15,19,21H2,1H3,(H,32,33,34)/b31-18+. The maximum Gasteiger partial charge on any atom is 0.231 e. The molecule has 40 heavy (non-hydrogen) atoms. The highest BCUT2D eigenvalue weighted by atomic mass is 16.7. The molecule has 5 heterocycles. The third-order valence-corrected chi connectivity index (χ3v) is 7.91. The Bertz CT molecular complexity index is 1540. The second-order valence-corrected chi connectivity index (χ2v) is 10.7. The van der Waals surface area contributed by atoms with Crippen LogP contribution >= 0.6 is 0 Å². The molecule has 0 amide bonds. The first-order valence-electron chi connectivity index (χ1n) is 14.0. The summed E-state index contributed by atoms with van der Waals surface area (Å²) >= 11 is 0. The number of rotatable bonds is 7. The number of piperazine rings is 1. The van der Waals surface area contributed by atoms with Crippen molar-refractivity contribution in [3.63, 3.8) is 0 Å². The summed E-state index contributed by atoms with van der Waals surface area (Å²) in [6, 6.07) is 16.5. The molecule has 3 aliphatic heterocycles. The van der Waals surface area contributed by atoms with Crippen LogP contribution in [0.4, 0.5) is 17.6 Å². The predicted molar refractivity (Wildman–Crippen MR) is 158 cm³/mol. The van der Waals surface area contributed by atoms with Crippen LogP contribution in [0.3, 0.4) is 0 Å². The van der Waals surface area contributed by atoms with Gasteiger partial charge >= 0.3 is 0 Å². The zero-order valence-electron chi connectivity index (χ0n) is 22.8. The van der Waals surface area contributed by atoms with Crippen molar-refractivity contribution in [2.45, 2.75) is 19.4 Å². The van der Waals surface area contributed by atoms with Crippen LogP contribution in [-0.4, -0.2) is 78.8 Å². The number of ether oxygens (including phenoxy) is 2. The summed E-state index contributed by atoms with van der Waals surface area (Å²) in [5.74, 6) is 4.06. The van der Waals surface area contributed by atoms with E-state index < -0.39 is 0 Å². The SMILES string of the molecule is CN1CCN(c2nc(N/N=C/c3cn(Cc4ccc5c(c4)OCO5)c4ccccc34)cc(N3CCCC3)n2)CC1. The topological polar surface area (TPSA) is 83.3 Å². The number of likely N-dealkylation sites (N-methyl/N-ethyl adjacent to an activating group) is 1. The fraction of sp³-hybridized carbons (Fsp3) is 0.367. The molecule has 0 saturated carbocycles. The number of hydrogen-bond acceptors (Lipinski definition) is 9. The van der Waals surface area contributed by atoms with Gasteiger partial charge in [-0.25, -0.2) is 0 Å². The Labute approximate surface area is 233 Å². The van der Waals surface area contributed by atoms with E-state index in [4.69, 9.17) is 19.4 Å². The maximum atomic E-state index is 5.58. The van der Waals surface area contributed by atoms with E-state index in [9.17, 15) is 0 Å². The van der Waals surface area contributed by atoms with Gasteiger partial charge in [0, 0.05) is 74.5 Å². The predicted octanol–water partition coefficient (Wildman–Crippen LogP) is 4.01. The minimum atomic E-state index is 0.279. The summed E-state index contributed by atoms with van der Waals surface area (Å²) in [7, 11) is 2.16. The van der Waals surface area contributed by atoms with Crippen molar-refractivity contribution in [1.82, 2.24) is 19.4 Å². The van der Waals surface area contributed by atoms with Crippen LogP contribution in [-0.2, 0) is 6.54 Å². The highest BCUT2D eigenvalue weighted by Gasteiger charge is 2.21. The second kappa shape index (κ2) is 10.7. The van der Waals surface area contributed by atoms with Crippen molar-refractivity contribution in [2.75, 3.05) is 68.3 Å². The van der Waals surface area contributed by atoms with Crippen molar-refractivity contribution >= 4 is 34.7 Å². The molecule has 206 valence electrons. The second-order valence-electron chi connectivity index (χ2n) is 10.7. The molecular weight excluding hydrogens is 504 g/mol. The van der Waals surface area contributed by atoms with Crippen LogP contribution in [0.15, 0.2) is 59.8 Å². The number of anilines is 3. The third kappa shape index (κ3) is 5.02. The smallest absolute Gasteiger partial charge is 0.231 e. The average Bonchev–Trinajstić information content (AvgIpc) is 3.75. The number of nitrogens with one attached hydrogen (secondary N) is 1. The van der Waals surface area contributed by atoms with Gasteiger partial charge in [0.25, 0.3) is 0 Å². The largest absolute Gasteiger partial charge is 0.454 e. The Morgan fingerprint density at radius 2 is 1.73 bits per heavy atom. The van der Waals surface area contributed by atoms with Gasteiger partial charge < -0.3 is 28.7 Å². The van der Waals surface area contributed by atoms with E-state index >= 15 is 0 Å². The van der Waals surface area contributed by atoms with E-state index in [1.807, 2.05) is 18.3 Å². The van der Waals surface area contributed by atoms with Crippen LogP contribution in [0.5, 0.6) is 11.5 Å². The van der Waals surface area contributed by atoms with E-state index in [0.717, 1.165) is 91.1 Å². The van der Waals surface area contributed by atoms with Crippen LogP contribution in [0.25, 0.3) is 10.9 Å². The highest BCUT2D eigenvalue weighted by molar-refractivity contribution is 5.99. The van der Waals surface area contributed by atoms with Crippen LogP contribution in [0, 0.1) is 0 Å². The summed E-state index contributed by atoms with van der Waals surface area (Å²) in [5, 5.41) is 5.78. The van der Waals surface area contributed by atoms with Crippen molar-refractivity contribution in [3.05, 3.63) is 65.9 Å². The molecule has 2 aromatic carbocycles. The molecule has 0 aliphatic carbocycles. The first kappa shape index (κ1) is 24.7. The van der Waals surface area contributed by atoms with Gasteiger partial charge in [-0.05, 0) is 43.7 Å². The van der Waals surface area contributed by atoms with Crippen molar-refractivity contribution in [3.8, 4) is 11.5 Å². The van der Waals surface area contributed by atoms with Gasteiger partial charge in [0.2, 0.25) is 12.7 Å². The number of para-hydroxylation sites is 1. The monoisotopic (exact) mass is 538 g/mol. The minimum absolute atomic E-state index is 0.279. The molecule has 4 aromatic rings. The first-order chi connectivity index (χ1) is 19.7. The van der Waals surface area contributed by atoms with Gasteiger partial charge in [-0.2, -0.15) is 15.1 Å². The molecule has 0 unspecified atom stereocenters. The molecule has 1 N–H and O–H groups in total. The summed E-state index contributed by atoms with van der Waals surface area (Å²) in [4.78, 5) is 16.8. The molecular formula is C30H34N8O2. The fourth-order valence-electron chi connectivity index (χ4n) is 5.65. The number of aromatic nitrogens is 3. The van der Waals surface area contributed by atoms with Crippen LogP contribution < -0.4 is 24.7 Å². The Morgan fingerprint density at radius 3 is 2.60 bits per heavy atom. The molecule has 0 atom stereocenters. The maximum absolute atomic E-state index is 5.58. The lowest BCUT2D eigenvalue weighted by Crippen LogP contribution is -2.45. The Kier molecular flexibility index (Phi) is 6.60. The van der Waals surface area contributed by atoms with Gasteiger partial charge in [0.1, 0.15) is 5.82 Å². The lowest BCUT2D eigenvalue weighted by Gasteiger charge is -2.33. The van der Waals surface area contributed by atoms with E-state index in [0.29, 0.717) is 5.82 Å². The van der Waals surface area contributed by atoms with Gasteiger partial charge in [-0.15, -0.1) is 0 Å². The van der Waals surface area contributed by atoms with Gasteiger partial charge in [0.05, 0.1) is 6.21 Å². The average molecular weight is 539 g/mol. The number of hydrogen-bond donors (Lipinski definition) is 1. The molecule has 3 aliphatic rings. The molecule has 0 spiro atoms. The lowest BCUT2D eigenvalue weighted by molar-refractivity contribution is 0.174. The van der Waals surface area contributed by atoms with Crippen molar-refractivity contribution in [1.29, 1.82) is 0 Å². The lowest BCUT2D eigenvalue weighted by atomic mass is 10.2. The Morgan fingerprint density at radius 1 is 0.900 bits per heavy atom. The van der Waals surface area contributed by atoms with E-state index in [1.54, 1.807) is 0 Å². The third-order valence-electron chi connectivity index (χ3n) is 7.91. The zero-order chi connectivity index (χ0) is 26.9. The summed E-state index contributed by atoms with van der Waals surface area (Å²) in [6.07, 6.45) is 6.42. The van der Waals surface area contributed by atoms with Crippen LogP contribution in [0.1, 0.15) is 24.0 Å². The quantitative estimate of drug-likeness (QED) is 0.279. The number of benzene rings is 2. The molecule has 10 nitrogen and oxygen atoms in total. The minimum Gasteiger partial charge on any atom is -0.454 e. The molecule has 2 aromatic heterocycles. The van der Waals surface area contributed by atoms with E-state index in [1.165, 1.54) is 12.8 Å². The normalized spacial score (nSPS) is 17.4. The van der Waals surface area contributed by atoms with E-state index in [-0.39, 0.29) is 6.79 Å². The number of hydrazone groups is 1. The van der Waals surface area contributed by atoms with Crippen molar-refractivity contribution in [2.24, 2.45) is 5.10 Å². The van der Waals surface area contributed by atoms with Gasteiger partial charge in [0.15, 0.2) is 17.3 Å². The fourth-order valence-corrected chi connectivity index (χ4v) is 5.65. The Balaban J connectivity index is 1.14. The first-order valence-corrected chi connectivity index (χ1v) is 14.0. The molecule has 0 radical (unpaired) electrons.